The molecule has 0 saturated carbocycles. The van der Waals surface area contributed by atoms with Gasteiger partial charge in [-0.05, 0) is 20.8 Å². The van der Waals surface area contributed by atoms with Crippen molar-refractivity contribution in [3.05, 3.63) is 18.2 Å². The van der Waals surface area contributed by atoms with E-state index in [1.54, 1.807) is 26.8 Å². The van der Waals surface area contributed by atoms with Crippen LogP contribution in [0.5, 0.6) is 0 Å². The molecule has 0 fully saturated rings. The van der Waals surface area contributed by atoms with E-state index in [1.165, 1.54) is 12.4 Å². The van der Waals surface area contributed by atoms with E-state index in [0.29, 0.717) is 0 Å². The Morgan fingerprint density at radius 3 is 2.79 bits per heavy atom. The van der Waals surface area contributed by atoms with Crippen molar-refractivity contribution in [1.29, 1.82) is 5.26 Å². The first kappa shape index (κ1) is 10.3. The van der Waals surface area contributed by atoms with Crippen molar-refractivity contribution >= 4 is 6.09 Å². The van der Waals surface area contributed by atoms with Crippen LogP contribution in [0.4, 0.5) is 4.79 Å². The number of hydrogen-bond donors (Lipinski definition) is 0. The van der Waals surface area contributed by atoms with Crippen LogP contribution in [0.1, 0.15) is 26.6 Å². The van der Waals surface area contributed by atoms with Gasteiger partial charge in [-0.15, -0.1) is 0 Å². The molecule has 1 aromatic heterocycles. The third kappa shape index (κ3) is 2.33. The topological polar surface area (TPSA) is 67.9 Å². The fourth-order valence-corrected chi connectivity index (χ4v) is 0.845. The second-order valence-corrected chi connectivity index (χ2v) is 3.71. The molecule has 0 aliphatic heterocycles. The van der Waals surface area contributed by atoms with Crippen LogP contribution in [0.15, 0.2) is 12.4 Å². The maximum Gasteiger partial charge on any atom is 0.420 e. The Balaban J connectivity index is 2.86. The first-order valence-corrected chi connectivity index (χ1v) is 4.11. The van der Waals surface area contributed by atoms with Gasteiger partial charge < -0.3 is 4.74 Å². The zero-order valence-corrected chi connectivity index (χ0v) is 8.31. The van der Waals surface area contributed by atoms with E-state index < -0.39 is 11.7 Å². The highest BCUT2D eigenvalue weighted by Gasteiger charge is 2.19. The molecule has 1 heterocycles. The number of aromatic nitrogens is 2. The first-order chi connectivity index (χ1) is 6.44. The minimum absolute atomic E-state index is 0.0271. The fraction of sp³-hybridized carbons (Fsp3) is 0.444. The van der Waals surface area contributed by atoms with Crippen LogP contribution in [0, 0.1) is 11.3 Å². The van der Waals surface area contributed by atoms with Gasteiger partial charge in [0.1, 0.15) is 11.7 Å². The number of carbonyl (C=O) groups excluding carboxylic acids is 1. The van der Waals surface area contributed by atoms with Gasteiger partial charge in [0, 0.05) is 12.4 Å². The molecular formula is C9H11N3O2. The molecule has 5 nitrogen and oxygen atoms in total. The van der Waals surface area contributed by atoms with E-state index in [1.807, 2.05) is 0 Å². The van der Waals surface area contributed by atoms with Gasteiger partial charge in [0.25, 0.3) is 0 Å². The predicted molar refractivity (Wildman–Crippen MR) is 48.6 cm³/mol. The van der Waals surface area contributed by atoms with Gasteiger partial charge in [-0.2, -0.15) is 5.26 Å². The van der Waals surface area contributed by atoms with Crippen LogP contribution >= 0.6 is 0 Å². The molecule has 0 aliphatic carbocycles. The number of carbonyl (C=O) groups is 1. The minimum atomic E-state index is -0.591. The van der Waals surface area contributed by atoms with E-state index in [2.05, 4.69) is 4.98 Å². The van der Waals surface area contributed by atoms with Crippen molar-refractivity contribution in [2.24, 2.45) is 0 Å². The zero-order valence-electron chi connectivity index (χ0n) is 8.31. The SMILES string of the molecule is CC(C)(C)OC(=O)n1ccnc1C#N. The summed E-state index contributed by atoms with van der Waals surface area (Å²) in [6.45, 7) is 5.27. The number of ether oxygens (including phenoxy) is 1. The minimum Gasteiger partial charge on any atom is -0.443 e. The summed E-state index contributed by atoms with van der Waals surface area (Å²) in [5.74, 6) is 0.0271. The predicted octanol–water partition coefficient (Wildman–Crippen LogP) is 1.54. The van der Waals surface area contributed by atoms with Crippen LogP contribution in [-0.2, 0) is 4.74 Å². The molecule has 0 unspecified atom stereocenters. The second kappa shape index (κ2) is 3.50. The molecule has 0 aromatic carbocycles. The molecule has 0 saturated heterocycles. The third-order valence-corrected chi connectivity index (χ3v) is 1.33. The smallest absolute Gasteiger partial charge is 0.420 e. The lowest BCUT2D eigenvalue weighted by molar-refractivity contribution is 0.0535. The largest absolute Gasteiger partial charge is 0.443 e. The molecule has 0 N–H and O–H groups in total. The molecule has 1 rings (SSSR count). The monoisotopic (exact) mass is 193 g/mol. The molecule has 74 valence electrons. The fourth-order valence-electron chi connectivity index (χ4n) is 0.845. The average molecular weight is 193 g/mol. The van der Waals surface area contributed by atoms with Crippen molar-refractivity contribution < 1.29 is 9.53 Å². The Bertz CT molecular complexity index is 381. The quantitative estimate of drug-likeness (QED) is 0.626. The summed E-state index contributed by atoms with van der Waals surface area (Å²) in [5.41, 5.74) is -0.575. The molecule has 0 radical (unpaired) electrons. The van der Waals surface area contributed by atoms with Crippen molar-refractivity contribution in [1.82, 2.24) is 9.55 Å². The van der Waals surface area contributed by atoms with Crippen molar-refractivity contribution in [3.8, 4) is 6.07 Å². The molecule has 0 bridgehead atoms. The van der Waals surface area contributed by atoms with Gasteiger partial charge in [-0.3, -0.25) is 0 Å². The first-order valence-electron chi connectivity index (χ1n) is 4.11. The standard InChI is InChI=1S/C9H11N3O2/c1-9(2,3)14-8(13)12-5-4-11-7(12)6-10/h4-5H,1-3H3. The number of nitrogens with zero attached hydrogens (tertiary/aromatic N) is 3. The van der Waals surface area contributed by atoms with E-state index in [-0.39, 0.29) is 5.82 Å². The highest BCUT2D eigenvalue weighted by atomic mass is 16.6. The van der Waals surface area contributed by atoms with Crippen molar-refractivity contribution in [3.63, 3.8) is 0 Å². The normalized spacial score (nSPS) is 10.7. The zero-order chi connectivity index (χ0) is 10.8. The van der Waals surface area contributed by atoms with Crippen molar-refractivity contribution in [2.45, 2.75) is 26.4 Å². The number of imidazole rings is 1. The van der Waals surface area contributed by atoms with Gasteiger partial charge in [0.2, 0.25) is 5.82 Å². The molecule has 0 spiro atoms. The Morgan fingerprint density at radius 2 is 2.29 bits per heavy atom. The van der Waals surface area contributed by atoms with Crippen molar-refractivity contribution in [2.75, 3.05) is 0 Å². The van der Waals surface area contributed by atoms with Crippen LogP contribution < -0.4 is 0 Å². The molecule has 0 amide bonds. The highest BCUT2D eigenvalue weighted by Crippen LogP contribution is 2.09. The van der Waals surface area contributed by atoms with Crippen LogP contribution in [-0.4, -0.2) is 21.2 Å². The highest BCUT2D eigenvalue weighted by molar-refractivity contribution is 5.72. The summed E-state index contributed by atoms with van der Waals surface area (Å²) in [6, 6.07) is 1.79. The lowest BCUT2D eigenvalue weighted by Gasteiger charge is -2.19. The molecular weight excluding hydrogens is 182 g/mol. The van der Waals surface area contributed by atoms with E-state index in [9.17, 15) is 4.79 Å². The van der Waals surface area contributed by atoms with Gasteiger partial charge in [0.15, 0.2) is 0 Å². The van der Waals surface area contributed by atoms with E-state index in [4.69, 9.17) is 10.00 Å². The summed E-state index contributed by atoms with van der Waals surface area (Å²) in [6.07, 6.45) is 2.18. The summed E-state index contributed by atoms with van der Waals surface area (Å²) in [4.78, 5) is 15.1. The summed E-state index contributed by atoms with van der Waals surface area (Å²) in [5, 5.41) is 8.61. The maximum atomic E-state index is 11.5. The number of rotatable bonds is 0. The Labute approximate surface area is 81.9 Å². The van der Waals surface area contributed by atoms with Gasteiger partial charge in [-0.25, -0.2) is 14.3 Å². The van der Waals surface area contributed by atoms with E-state index >= 15 is 0 Å². The Kier molecular flexibility index (Phi) is 2.56. The maximum absolute atomic E-state index is 11.5. The lowest BCUT2D eigenvalue weighted by Crippen LogP contribution is -2.27. The van der Waals surface area contributed by atoms with Gasteiger partial charge in [0.05, 0.1) is 0 Å². The molecule has 0 aliphatic rings. The van der Waals surface area contributed by atoms with Gasteiger partial charge >= 0.3 is 6.09 Å². The van der Waals surface area contributed by atoms with E-state index in [0.717, 1.165) is 4.57 Å². The summed E-state index contributed by atoms with van der Waals surface area (Å²) < 4.78 is 6.13. The summed E-state index contributed by atoms with van der Waals surface area (Å²) in [7, 11) is 0. The average Bonchev–Trinajstić information content (AvgIpc) is 2.47. The van der Waals surface area contributed by atoms with Crippen LogP contribution in [0.2, 0.25) is 0 Å². The van der Waals surface area contributed by atoms with Crippen LogP contribution in [0.25, 0.3) is 0 Å². The van der Waals surface area contributed by atoms with Gasteiger partial charge in [-0.1, -0.05) is 0 Å². The molecule has 5 heteroatoms. The lowest BCUT2D eigenvalue weighted by atomic mass is 10.2. The Hall–Kier alpha value is -1.83. The molecule has 0 atom stereocenters. The molecule has 14 heavy (non-hydrogen) atoms. The Morgan fingerprint density at radius 1 is 1.64 bits per heavy atom. The number of hydrogen-bond acceptors (Lipinski definition) is 4. The third-order valence-electron chi connectivity index (χ3n) is 1.33. The summed E-state index contributed by atoms with van der Waals surface area (Å²) >= 11 is 0. The second-order valence-electron chi connectivity index (χ2n) is 3.71. The molecule has 1 aromatic rings. The van der Waals surface area contributed by atoms with Crippen LogP contribution in [0.3, 0.4) is 0 Å². The number of nitriles is 1.